The number of H-pyrrole nitrogens is 1. The van der Waals surface area contributed by atoms with Crippen LogP contribution < -0.4 is 5.43 Å². The van der Waals surface area contributed by atoms with Crippen molar-refractivity contribution in [3.63, 3.8) is 0 Å². The average Bonchev–Trinajstić information content (AvgIpc) is 2.39. The fourth-order valence-electron chi connectivity index (χ4n) is 1.69. The summed E-state index contributed by atoms with van der Waals surface area (Å²) in [6, 6.07) is 6.60. The number of fused-ring (bicyclic) bond motifs is 1. The van der Waals surface area contributed by atoms with E-state index in [0.717, 1.165) is 0 Å². The first-order chi connectivity index (χ1) is 9.00. The normalized spacial score (nSPS) is 10.3. The number of aromatic nitrogens is 1. The van der Waals surface area contributed by atoms with Gasteiger partial charge in [0.2, 0.25) is 5.78 Å². The third-order valence-electron chi connectivity index (χ3n) is 2.65. The number of rotatable bonds is 4. The van der Waals surface area contributed by atoms with Crippen molar-refractivity contribution in [2.45, 2.75) is 6.42 Å². The Labute approximate surface area is 106 Å². The molecule has 0 aliphatic carbocycles. The maximum Gasteiger partial charge on any atom is 0.372 e. The second-order valence-corrected chi connectivity index (χ2v) is 3.91. The van der Waals surface area contributed by atoms with Crippen molar-refractivity contribution < 1.29 is 19.5 Å². The molecule has 0 aliphatic heterocycles. The summed E-state index contributed by atoms with van der Waals surface area (Å²) < 4.78 is 0. The summed E-state index contributed by atoms with van der Waals surface area (Å²) in [5.41, 5.74) is -0.167. The maximum absolute atomic E-state index is 12.0. The molecule has 0 atom stereocenters. The van der Waals surface area contributed by atoms with E-state index in [1.807, 2.05) is 0 Å². The van der Waals surface area contributed by atoms with Crippen molar-refractivity contribution >= 4 is 28.4 Å². The van der Waals surface area contributed by atoms with Crippen LogP contribution in [0.4, 0.5) is 0 Å². The van der Waals surface area contributed by atoms with Crippen LogP contribution in [0.25, 0.3) is 10.9 Å². The number of pyridine rings is 1. The van der Waals surface area contributed by atoms with E-state index in [4.69, 9.17) is 5.11 Å². The summed E-state index contributed by atoms with van der Waals surface area (Å²) in [5.74, 6) is -3.73. The molecule has 0 saturated heterocycles. The van der Waals surface area contributed by atoms with E-state index in [-0.39, 0.29) is 5.56 Å². The Hall–Kier alpha value is -2.76. The summed E-state index contributed by atoms with van der Waals surface area (Å²) in [7, 11) is 0. The third-order valence-corrected chi connectivity index (χ3v) is 2.65. The molecule has 1 aromatic heterocycles. The van der Waals surface area contributed by atoms with Crippen LogP contribution in [-0.2, 0) is 9.59 Å². The molecule has 0 radical (unpaired) electrons. The molecule has 0 fully saturated rings. The SMILES string of the molecule is O=C(O)C(=O)CC(=O)c1c[nH]c2ccccc2c1=O. The van der Waals surface area contributed by atoms with Gasteiger partial charge in [-0.25, -0.2) is 4.79 Å². The largest absolute Gasteiger partial charge is 0.475 e. The third kappa shape index (κ3) is 2.42. The second kappa shape index (κ2) is 4.85. The zero-order valence-electron chi connectivity index (χ0n) is 9.67. The highest BCUT2D eigenvalue weighted by Gasteiger charge is 2.20. The van der Waals surface area contributed by atoms with Crippen molar-refractivity contribution in [1.82, 2.24) is 4.98 Å². The highest BCUT2D eigenvalue weighted by atomic mass is 16.4. The number of carboxylic acid groups (broad SMARTS) is 1. The van der Waals surface area contributed by atoms with Gasteiger partial charge in [-0.15, -0.1) is 0 Å². The molecule has 1 aromatic carbocycles. The summed E-state index contributed by atoms with van der Waals surface area (Å²) in [6.07, 6.45) is 0.374. The van der Waals surface area contributed by atoms with Crippen LogP contribution in [0.15, 0.2) is 35.3 Å². The summed E-state index contributed by atoms with van der Waals surface area (Å²) in [4.78, 5) is 47.9. The molecule has 6 heteroatoms. The predicted octanol–water partition coefficient (Wildman–Crippen LogP) is 0.755. The lowest BCUT2D eigenvalue weighted by Gasteiger charge is -2.01. The van der Waals surface area contributed by atoms with Gasteiger partial charge < -0.3 is 10.1 Å². The van der Waals surface area contributed by atoms with Gasteiger partial charge in [0.15, 0.2) is 11.2 Å². The maximum atomic E-state index is 12.0. The number of para-hydroxylation sites is 1. The first-order valence-electron chi connectivity index (χ1n) is 5.40. The van der Waals surface area contributed by atoms with Gasteiger partial charge in [-0.3, -0.25) is 14.4 Å². The number of carboxylic acids is 1. The van der Waals surface area contributed by atoms with Gasteiger partial charge in [-0.1, -0.05) is 12.1 Å². The first-order valence-corrected chi connectivity index (χ1v) is 5.40. The topological polar surface area (TPSA) is 104 Å². The Balaban J connectivity index is 2.44. The molecule has 0 unspecified atom stereocenters. The molecule has 0 spiro atoms. The van der Waals surface area contributed by atoms with E-state index in [9.17, 15) is 19.2 Å². The molecule has 6 nitrogen and oxygen atoms in total. The number of Topliss-reactive ketones (excluding diaryl/α,β-unsaturated/α-hetero) is 2. The number of aromatic amines is 1. The lowest BCUT2D eigenvalue weighted by molar-refractivity contribution is -0.148. The Kier molecular flexibility index (Phi) is 3.24. The molecule has 19 heavy (non-hydrogen) atoms. The smallest absolute Gasteiger partial charge is 0.372 e. The highest BCUT2D eigenvalue weighted by Crippen LogP contribution is 2.08. The average molecular weight is 259 g/mol. The van der Waals surface area contributed by atoms with Crippen LogP contribution >= 0.6 is 0 Å². The van der Waals surface area contributed by atoms with E-state index in [0.29, 0.717) is 10.9 Å². The van der Waals surface area contributed by atoms with Gasteiger partial charge in [-0.05, 0) is 12.1 Å². The van der Waals surface area contributed by atoms with E-state index in [2.05, 4.69) is 4.98 Å². The number of hydrogen-bond acceptors (Lipinski definition) is 4. The molecule has 2 aromatic rings. The number of carbonyl (C=O) groups excluding carboxylic acids is 2. The van der Waals surface area contributed by atoms with E-state index >= 15 is 0 Å². The van der Waals surface area contributed by atoms with Crippen LogP contribution in [0.3, 0.4) is 0 Å². The summed E-state index contributed by atoms with van der Waals surface area (Å²) >= 11 is 0. The summed E-state index contributed by atoms with van der Waals surface area (Å²) in [6.45, 7) is 0. The van der Waals surface area contributed by atoms with Gasteiger partial charge in [0, 0.05) is 17.1 Å². The standard InChI is InChI=1S/C13H9NO5/c15-10(5-11(16)13(18)19)8-6-14-9-4-2-1-3-7(9)12(8)17/h1-4,6H,5H2,(H,14,17)(H,18,19). The fourth-order valence-corrected chi connectivity index (χ4v) is 1.69. The monoisotopic (exact) mass is 259 g/mol. The molecular formula is C13H9NO5. The van der Waals surface area contributed by atoms with Crippen molar-refractivity contribution in [2.75, 3.05) is 0 Å². The molecule has 96 valence electrons. The second-order valence-electron chi connectivity index (χ2n) is 3.91. The minimum Gasteiger partial charge on any atom is -0.475 e. The van der Waals surface area contributed by atoms with E-state index < -0.39 is 29.4 Å². The van der Waals surface area contributed by atoms with Gasteiger partial charge in [0.05, 0.1) is 12.0 Å². The van der Waals surface area contributed by atoms with Crippen LogP contribution in [-0.4, -0.2) is 27.6 Å². The van der Waals surface area contributed by atoms with Gasteiger partial charge in [0.25, 0.3) is 0 Å². The van der Waals surface area contributed by atoms with Gasteiger partial charge in [-0.2, -0.15) is 0 Å². The van der Waals surface area contributed by atoms with Gasteiger partial charge >= 0.3 is 5.97 Å². The van der Waals surface area contributed by atoms with Crippen LogP contribution in [0.2, 0.25) is 0 Å². The van der Waals surface area contributed by atoms with E-state index in [1.54, 1.807) is 24.3 Å². The van der Waals surface area contributed by atoms with Crippen molar-refractivity contribution in [3.8, 4) is 0 Å². The Morgan fingerprint density at radius 1 is 1.16 bits per heavy atom. The number of hydrogen-bond donors (Lipinski definition) is 2. The molecule has 2 N–H and O–H groups in total. The van der Waals surface area contributed by atoms with E-state index in [1.165, 1.54) is 6.20 Å². The molecule has 0 bridgehead atoms. The molecule has 0 saturated carbocycles. The number of ketones is 2. The van der Waals surface area contributed by atoms with Crippen molar-refractivity contribution in [1.29, 1.82) is 0 Å². The first kappa shape index (κ1) is 12.7. The lowest BCUT2D eigenvalue weighted by Crippen LogP contribution is -2.22. The predicted molar refractivity (Wildman–Crippen MR) is 66.2 cm³/mol. The Bertz CT molecular complexity index is 744. The molecular weight excluding hydrogens is 250 g/mol. The highest BCUT2D eigenvalue weighted by molar-refractivity contribution is 6.37. The number of carbonyl (C=O) groups is 3. The number of aliphatic carboxylic acids is 1. The van der Waals surface area contributed by atoms with Crippen LogP contribution in [0.5, 0.6) is 0 Å². The molecule has 1 heterocycles. The minimum absolute atomic E-state index is 0.215. The molecule has 2 rings (SSSR count). The summed E-state index contributed by atoms with van der Waals surface area (Å²) in [5, 5.41) is 8.75. The fraction of sp³-hybridized carbons (Fsp3) is 0.0769. The quantitative estimate of drug-likeness (QED) is 0.479. The minimum atomic E-state index is -1.69. The number of nitrogens with one attached hydrogen (secondary N) is 1. The zero-order valence-corrected chi connectivity index (χ0v) is 9.67. The molecule has 0 aliphatic rings. The van der Waals surface area contributed by atoms with Crippen LogP contribution in [0.1, 0.15) is 16.8 Å². The Morgan fingerprint density at radius 3 is 2.53 bits per heavy atom. The lowest BCUT2D eigenvalue weighted by atomic mass is 10.1. The van der Waals surface area contributed by atoms with Gasteiger partial charge in [0.1, 0.15) is 0 Å². The zero-order chi connectivity index (χ0) is 14.0. The van der Waals surface area contributed by atoms with Crippen molar-refractivity contribution in [2.24, 2.45) is 0 Å². The van der Waals surface area contributed by atoms with Crippen LogP contribution in [0, 0.1) is 0 Å². The molecule has 0 amide bonds. The Morgan fingerprint density at radius 2 is 1.84 bits per heavy atom. The number of benzene rings is 1. The van der Waals surface area contributed by atoms with Crippen molar-refractivity contribution in [3.05, 3.63) is 46.2 Å².